The van der Waals surface area contributed by atoms with Crippen LogP contribution in [0.25, 0.3) is 0 Å². The molecule has 0 amide bonds. The quantitative estimate of drug-likeness (QED) is 0.211. The first-order valence-electron chi connectivity index (χ1n) is 9.97. The SMILES string of the molecule is CCNC(=NCCCOCC(C)C)NCCC1CCN(CC)CC1.I. The summed E-state index contributed by atoms with van der Waals surface area (Å²) in [5.41, 5.74) is 0. The van der Waals surface area contributed by atoms with E-state index >= 15 is 0 Å². The third kappa shape index (κ3) is 12.8. The van der Waals surface area contributed by atoms with Crippen LogP contribution in [-0.2, 0) is 4.74 Å². The summed E-state index contributed by atoms with van der Waals surface area (Å²) >= 11 is 0. The molecular weight excluding hydrogens is 427 g/mol. The molecule has 1 saturated heterocycles. The van der Waals surface area contributed by atoms with Crippen molar-refractivity contribution in [3.63, 3.8) is 0 Å². The molecule has 0 spiro atoms. The van der Waals surface area contributed by atoms with Crippen LogP contribution >= 0.6 is 24.0 Å². The molecule has 0 aromatic rings. The van der Waals surface area contributed by atoms with Crippen molar-refractivity contribution in [2.75, 3.05) is 52.5 Å². The molecule has 6 heteroatoms. The minimum atomic E-state index is 0. The zero-order valence-corrected chi connectivity index (χ0v) is 19.2. The van der Waals surface area contributed by atoms with Crippen LogP contribution in [0.2, 0.25) is 0 Å². The maximum atomic E-state index is 5.60. The highest BCUT2D eigenvalue weighted by Crippen LogP contribution is 2.19. The first-order chi connectivity index (χ1) is 11.7. The van der Waals surface area contributed by atoms with E-state index in [1.54, 1.807) is 0 Å². The van der Waals surface area contributed by atoms with Crippen molar-refractivity contribution >= 4 is 29.9 Å². The molecule has 0 aromatic heterocycles. The van der Waals surface area contributed by atoms with Crippen LogP contribution in [0, 0.1) is 11.8 Å². The second-order valence-electron chi connectivity index (χ2n) is 7.18. The van der Waals surface area contributed by atoms with Crippen molar-refractivity contribution in [2.45, 2.75) is 53.4 Å². The van der Waals surface area contributed by atoms with Gasteiger partial charge in [-0.05, 0) is 64.1 Å². The Morgan fingerprint density at radius 2 is 1.92 bits per heavy atom. The van der Waals surface area contributed by atoms with Gasteiger partial charge in [0.05, 0.1) is 0 Å². The Hall–Kier alpha value is -0.0800. The minimum Gasteiger partial charge on any atom is -0.381 e. The van der Waals surface area contributed by atoms with Crippen LogP contribution in [0.4, 0.5) is 0 Å². The van der Waals surface area contributed by atoms with Gasteiger partial charge in [0.25, 0.3) is 0 Å². The van der Waals surface area contributed by atoms with Crippen LogP contribution in [0.1, 0.15) is 53.4 Å². The van der Waals surface area contributed by atoms with Crippen LogP contribution in [0.15, 0.2) is 4.99 Å². The lowest BCUT2D eigenvalue weighted by molar-refractivity contribution is 0.109. The average molecular weight is 468 g/mol. The van der Waals surface area contributed by atoms with Crippen molar-refractivity contribution in [1.82, 2.24) is 15.5 Å². The summed E-state index contributed by atoms with van der Waals surface area (Å²) in [6, 6.07) is 0. The van der Waals surface area contributed by atoms with Gasteiger partial charge in [-0.15, -0.1) is 24.0 Å². The highest BCUT2D eigenvalue weighted by atomic mass is 127. The number of aliphatic imine (C=N–C) groups is 1. The molecule has 1 aliphatic heterocycles. The minimum absolute atomic E-state index is 0. The third-order valence-corrected chi connectivity index (χ3v) is 4.51. The van der Waals surface area contributed by atoms with E-state index in [1.165, 1.54) is 38.9 Å². The Labute approximate surface area is 172 Å². The van der Waals surface area contributed by atoms with Gasteiger partial charge in [0.1, 0.15) is 0 Å². The second kappa shape index (κ2) is 16.1. The van der Waals surface area contributed by atoms with Crippen LogP contribution in [0.5, 0.6) is 0 Å². The second-order valence-corrected chi connectivity index (χ2v) is 7.18. The summed E-state index contributed by atoms with van der Waals surface area (Å²) in [5, 5.41) is 6.82. The number of likely N-dealkylation sites (tertiary alicyclic amines) is 1. The number of guanidine groups is 1. The number of piperidine rings is 1. The first kappa shape index (κ1) is 24.9. The van der Waals surface area contributed by atoms with E-state index < -0.39 is 0 Å². The van der Waals surface area contributed by atoms with Gasteiger partial charge in [-0.25, -0.2) is 0 Å². The monoisotopic (exact) mass is 468 g/mol. The predicted molar refractivity (Wildman–Crippen MR) is 119 cm³/mol. The fourth-order valence-corrected chi connectivity index (χ4v) is 3.00. The van der Waals surface area contributed by atoms with Gasteiger partial charge in [-0.2, -0.15) is 0 Å². The maximum Gasteiger partial charge on any atom is 0.191 e. The average Bonchev–Trinajstić information content (AvgIpc) is 2.58. The fourth-order valence-electron chi connectivity index (χ4n) is 3.00. The number of ether oxygens (including phenoxy) is 1. The van der Waals surface area contributed by atoms with Crippen molar-refractivity contribution in [3.8, 4) is 0 Å². The largest absolute Gasteiger partial charge is 0.381 e. The molecule has 1 aliphatic rings. The lowest BCUT2D eigenvalue weighted by atomic mass is 9.93. The Morgan fingerprint density at radius 3 is 2.52 bits per heavy atom. The van der Waals surface area contributed by atoms with E-state index in [1.807, 2.05) is 0 Å². The van der Waals surface area contributed by atoms with Crippen LogP contribution in [0.3, 0.4) is 0 Å². The molecule has 1 fully saturated rings. The molecule has 2 N–H and O–H groups in total. The van der Waals surface area contributed by atoms with E-state index in [0.717, 1.165) is 51.1 Å². The number of hydrogen-bond donors (Lipinski definition) is 2. The number of nitrogens with zero attached hydrogens (tertiary/aromatic N) is 2. The van der Waals surface area contributed by atoms with Gasteiger partial charge in [0.2, 0.25) is 0 Å². The Bertz CT molecular complexity index is 331. The van der Waals surface area contributed by atoms with Crippen molar-refractivity contribution in [3.05, 3.63) is 0 Å². The Morgan fingerprint density at radius 1 is 1.20 bits per heavy atom. The number of nitrogens with one attached hydrogen (secondary N) is 2. The molecule has 150 valence electrons. The molecule has 1 heterocycles. The van der Waals surface area contributed by atoms with E-state index in [2.05, 4.69) is 48.2 Å². The molecule has 0 saturated carbocycles. The predicted octanol–water partition coefficient (Wildman–Crippen LogP) is 3.34. The molecule has 0 radical (unpaired) electrons. The summed E-state index contributed by atoms with van der Waals surface area (Å²) in [6.07, 6.45) is 4.92. The molecule has 0 bridgehead atoms. The zero-order chi connectivity index (χ0) is 17.6. The first-order valence-corrected chi connectivity index (χ1v) is 9.97. The third-order valence-electron chi connectivity index (χ3n) is 4.51. The summed E-state index contributed by atoms with van der Waals surface area (Å²) in [6.45, 7) is 16.9. The Kier molecular flexibility index (Phi) is 16.1. The number of halogens is 1. The van der Waals surface area contributed by atoms with Gasteiger partial charge in [0.15, 0.2) is 5.96 Å². The summed E-state index contributed by atoms with van der Waals surface area (Å²) in [5.74, 6) is 2.43. The summed E-state index contributed by atoms with van der Waals surface area (Å²) < 4.78 is 5.60. The van der Waals surface area contributed by atoms with E-state index in [0.29, 0.717) is 5.92 Å². The maximum absolute atomic E-state index is 5.60. The van der Waals surface area contributed by atoms with E-state index in [9.17, 15) is 0 Å². The van der Waals surface area contributed by atoms with Crippen LogP contribution < -0.4 is 10.6 Å². The summed E-state index contributed by atoms with van der Waals surface area (Å²) in [4.78, 5) is 7.20. The molecule has 0 atom stereocenters. The molecule has 25 heavy (non-hydrogen) atoms. The zero-order valence-electron chi connectivity index (χ0n) is 16.9. The number of rotatable bonds is 11. The summed E-state index contributed by atoms with van der Waals surface area (Å²) in [7, 11) is 0. The highest BCUT2D eigenvalue weighted by molar-refractivity contribution is 14.0. The van der Waals surface area contributed by atoms with Crippen molar-refractivity contribution in [2.24, 2.45) is 16.8 Å². The van der Waals surface area contributed by atoms with Gasteiger partial charge in [-0.3, -0.25) is 4.99 Å². The van der Waals surface area contributed by atoms with Crippen molar-refractivity contribution < 1.29 is 4.74 Å². The molecule has 0 unspecified atom stereocenters. The fraction of sp³-hybridized carbons (Fsp3) is 0.947. The lowest BCUT2D eigenvalue weighted by Gasteiger charge is -2.31. The van der Waals surface area contributed by atoms with E-state index in [4.69, 9.17) is 4.74 Å². The van der Waals surface area contributed by atoms with Crippen LogP contribution in [-0.4, -0.2) is 63.3 Å². The van der Waals surface area contributed by atoms with E-state index in [-0.39, 0.29) is 24.0 Å². The molecule has 1 rings (SSSR count). The molecule has 0 aliphatic carbocycles. The molecule has 5 nitrogen and oxygen atoms in total. The standard InChI is InChI=1S/C19H40N4O.HI/c1-5-20-19(21-11-7-15-24-16-17(3)4)22-12-8-18-9-13-23(6-2)14-10-18;/h17-18H,5-16H2,1-4H3,(H2,20,21,22);1H. The Balaban J connectivity index is 0.00000576. The van der Waals surface area contributed by atoms with Crippen molar-refractivity contribution in [1.29, 1.82) is 0 Å². The van der Waals surface area contributed by atoms with Gasteiger partial charge < -0.3 is 20.3 Å². The van der Waals surface area contributed by atoms with Gasteiger partial charge >= 0.3 is 0 Å². The lowest BCUT2D eigenvalue weighted by Crippen LogP contribution is -2.39. The van der Waals surface area contributed by atoms with Gasteiger partial charge in [-0.1, -0.05) is 20.8 Å². The smallest absolute Gasteiger partial charge is 0.191 e. The highest BCUT2D eigenvalue weighted by Gasteiger charge is 2.17. The topological polar surface area (TPSA) is 48.9 Å². The number of hydrogen-bond acceptors (Lipinski definition) is 3. The van der Waals surface area contributed by atoms with Gasteiger partial charge in [0, 0.05) is 32.8 Å². The molecule has 0 aromatic carbocycles. The normalized spacial score (nSPS) is 16.8. The molecular formula is C19H41IN4O.